The summed E-state index contributed by atoms with van der Waals surface area (Å²) in [5, 5.41) is 12.2. The van der Waals surface area contributed by atoms with Crippen molar-refractivity contribution in [3.05, 3.63) is 30.6 Å². The van der Waals surface area contributed by atoms with E-state index in [1.54, 1.807) is 13.0 Å². The number of imide groups is 1. The number of carbonyl (C=O) groups is 2. The molecular formula is C19H24N8O3. The Balaban J connectivity index is 1.46. The fourth-order valence-corrected chi connectivity index (χ4v) is 3.60. The number of nitrogens with one attached hydrogen (secondary N) is 1. The topological polar surface area (TPSA) is 118 Å². The minimum atomic E-state index is -1.27. The third kappa shape index (κ3) is 3.96. The highest BCUT2D eigenvalue weighted by molar-refractivity contribution is 6.02. The molecular weight excluding hydrogens is 388 g/mol. The van der Waals surface area contributed by atoms with Crippen molar-refractivity contribution in [2.75, 3.05) is 54.9 Å². The molecule has 3 amide bonds. The summed E-state index contributed by atoms with van der Waals surface area (Å²) in [5.41, 5.74) is 1.06. The predicted molar refractivity (Wildman–Crippen MR) is 111 cm³/mol. The van der Waals surface area contributed by atoms with Gasteiger partial charge in [0.15, 0.2) is 0 Å². The quantitative estimate of drug-likeness (QED) is 0.773. The molecule has 0 saturated carbocycles. The number of carboxylic acid groups (broad SMARTS) is 1. The molecule has 158 valence electrons. The Morgan fingerprint density at radius 3 is 2.57 bits per heavy atom. The second-order valence-corrected chi connectivity index (χ2v) is 7.45. The maximum atomic E-state index is 12.4. The van der Waals surface area contributed by atoms with Gasteiger partial charge in [-0.15, -0.1) is 0 Å². The highest BCUT2D eigenvalue weighted by atomic mass is 16.4. The van der Waals surface area contributed by atoms with Crippen molar-refractivity contribution in [2.24, 2.45) is 0 Å². The number of hydrogen-bond donors (Lipinski definition) is 2. The Kier molecular flexibility index (Phi) is 5.36. The van der Waals surface area contributed by atoms with E-state index < -0.39 is 12.1 Å². The molecule has 0 bridgehead atoms. The normalized spacial score (nSPS) is 20.0. The molecule has 0 spiro atoms. The molecule has 2 N–H and O–H groups in total. The average Bonchev–Trinajstić information content (AvgIpc) is 3.04. The van der Waals surface area contributed by atoms with Crippen LogP contribution in [0.3, 0.4) is 0 Å². The summed E-state index contributed by atoms with van der Waals surface area (Å²) in [4.78, 5) is 43.4. The van der Waals surface area contributed by atoms with Crippen LogP contribution in [0.15, 0.2) is 30.6 Å². The second kappa shape index (κ2) is 8.11. The van der Waals surface area contributed by atoms with E-state index in [2.05, 4.69) is 37.1 Å². The van der Waals surface area contributed by atoms with E-state index in [0.29, 0.717) is 11.6 Å². The molecule has 1 atom stereocenters. The van der Waals surface area contributed by atoms with E-state index in [9.17, 15) is 9.59 Å². The van der Waals surface area contributed by atoms with Gasteiger partial charge in [-0.3, -0.25) is 4.90 Å². The van der Waals surface area contributed by atoms with Crippen LogP contribution in [-0.2, 0) is 0 Å². The van der Waals surface area contributed by atoms with Gasteiger partial charge in [0.05, 0.1) is 24.5 Å². The Labute approximate surface area is 173 Å². The van der Waals surface area contributed by atoms with Crippen LogP contribution in [0.4, 0.5) is 32.9 Å². The van der Waals surface area contributed by atoms with Gasteiger partial charge in [0.1, 0.15) is 11.6 Å². The van der Waals surface area contributed by atoms with Crippen LogP contribution in [-0.4, -0.2) is 87.8 Å². The number of carbonyl (C=O) groups excluding carboxylic acids is 1. The molecule has 0 radical (unpaired) electrons. The summed E-state index contributed by atoms with van der Waals surface area (Å²) in [6.45, 7) is 5.84. The van der Waals surface area contributed by atoms with Gasteiger partial charge in [-0.2, -0.15) is 4.98 Å². The van der Waals surface area contributed by atoms with Crippen molar-refractivity contribution in [2.45, 2.75) is 13.0 Å². The molecule has 0 aromatic carbocycles. The molecule has 11 nitrogen and oxygen atoms in total. The predicted octanol–water partition coefficient (Wildman–Crippen LogP) is 1.68. The van der Waals surface area contributed by atoms with E-state index >= 15 is 0 Å². The second-order valence-electron chi connectivity index (χ2n) is 7.45. The summed E-state index contributed by atoms with van der Waals surface area (Å²) >= 11 is 0. The van der Waals surface area contributed by atoms with Crippen LogP contribution in [0.25, 0.3) is 0 Å². The lowest BCUT2D eigenvalue weighted by Gasteiger charge is -2.33. The van der Waals surface area contributed by atoms with Gasteiger partial charge >= 0.3 is 12.1 Å². The van der Waals surface area contributed by atoms with Crippen molar-refractivity contribution in [1.82, 2.24) is 24.8 Å². The SMILES string of the molecule is C[C@H]1CN(C(=O)O)C(=O)N1c1ccnc(Nc2ccc(N3CCN(C)CC3)cn2)n1. The largest absolute Gasteiger partial charge is 0.465 e. The summed E-state index contributed by atoms with van der Waals surface area (Å²) in [7, 11) is 2.12. The summed E-state index contributed by atoms with van der Waals surface area (Å²) in [6.07, 6.45) is 2.06. The molecule has 4 rings (SSSR count). The summed E-state index contributed by atoms with van der Waals surface area (Å²) in [6, 6.07) is 4.50. The maximum Gasteiger partial charge on any atom is 0.415 e. The number of aromatic nitrogens is 3. The molecule has 2 aromatic heterocycles. The molecule has 2 aliphatic heterocycles. The lowest BCUT2D eigenvalue weighted by atomic mass is 10.3. The Hall–Kier alpha value is -3.47. The first-order valence-electron chi connectivity index (χ1n) is 9.75. The summed E-state index contributed by atoms with van der Waals surface area (Å²) < 4.78 is 0. The molecule has 0 aliphatic carbocycles. The first kappa shape index (κ1) is 19.8. The average molecular weight is 412 g/mol. The third-order valence-corrected chi connectivity index (χ3v) is 5.30. The number of rotatable bonds is 4. The number of urea groups is 1. The van der Waals surface area contributed by atoms with Crippen LogP contribution in [0.2, 0.25) is 0 Å². The van der Waals surface area contributed by atoms with Crippen LogP contribution >= 0.6 is 0 Å². The first-order valence-corrected chi connectivity index (χ1v) is 9.75. The molecule has 2 fully saturated rings. The zero-order valence-electron chi connectivity index (χ0n) is 16.9. The molecule has 2 aliphatic rings. The van der Waals surface area contributed by atoms with E-state index in [-0.39, 0.29) is 18.5 Å². The number of nitrogens with zero attached hydrogens (tertiary/aromatic N) is 7. The fourth-order valence-electron chi connectivity index (χ4n) is 3.60. The van der Waals surface area contributed by atoms with Crippen molar-refractivity contribution in [1.29, 1.82) is 0 Å². The fraction of sp³-hybridized carbons (Fsp3) is 0.421. The zero-order valence-corrected chi connectivity index (χ0v) is 16.9. The van der Waals surface area contributed by atoms with Crippen molar-refractivity contribution >= 4 is 35.4 Å². The van der Waals surface area contributed by atoms with E-state index in [1.807, 2.05) is 18.3 Å². The van der Waals surface area contributed by atoms with Crippen molar-refractivity contribution < 1.29 is 14.7 Å². The smallest absolute Gasteiger partial charge is 0.415 e. The van der Waals surface area contributed by atoms with Gasteiger partial charge < -0.3 is 20.2 Å². The Morgan fingerprint density at radius 1 is 1.17 bits per heavy atom. The number of piperazine rings is 1. The van der Waals surface area contributed by atoms with Crippen LogP contribution < -0.4 is 15.1 Å². The number of hydrogen-bond acceptors (Lipinski definition) is 8. The van der Waals surface area contributed by atoms with Gasteiger partial charge in [-0.25, -0.2) is 24.5 Å². The lowest BCUT2D eigenvalue weighted by molar-refractivity contribution is 0.158. The molecule has 4 heterocycles. The third-order valence-electron chi connectivity index (χ3n) is 5.30. The highest BCUT2D eigenvalue weighted by Crippen LogP contribution is 2.24. The van der Waals surface area contributed by atoms with Gasteiger partial charge in [-0.1, -0.05) is 0 Å². The maximum absolute atomic E-state index is 12.4. The Bertz CT molecular complexity index is 930. The first-order chi connectivity index (χ1) is 14.4. The minimum absolute atomic E-state index is 0.0935. The Morgan fingerprint density at radius 2 is 1.93 bits per heavy atom. The molecule has 0 unspecified atom stereocenters. The monoisotopic (exact) mass is 412 g/mol. The number of likely N-dealkylation sites (N-methyl/N-ethyl adjacent to an activating group) is 1. The van der Waals surface area contributed by atoms with Crippen molar-refractivity contribution in [3.63, 3.8) is 0 Å². The highest BCUT2D eigenvalue weighted by Gasteiger charge is 2.40. The standard InChI is InChI=1S/C19H24N8O3/c1-13-12-26(19(29)30)18(28)27(13)16-5-6-20-17(23-16)22-15-4-3-14(11-21-15)25-9-7-24(2)8-10-25/h3-6,11,13H,7-10,12H2,1-2H3,(H,29,30)(H,20,21,22,23)/t13-/m0/s1. The minimum Gasteiger partial charge on any atom is -0.465 e. The lowest BCUT2D eigenvalue weighted by Crippen LogP contribution is -2.44. The number of pyridine rings is 1. The molecule has 11 heteroatoms. The van der Waals surface area contributed by atoms with Crippen molar-refractivity contribution in [3.8, 4) is 0 Å². The summed E-state index contributed by atoms with van der Waals surface area (Å²) in [5.74, 6) is 1.20. The van der Waals surface area contributed by atoms with E-state index in [1.165, 1.54) is 11.1 Å². The molecule has 2 saturated heterocycles. The number of anilines is 4. The van der Waals surface area contributed by atoms with E-state index in [0.717, 1.165) is 36.8 Å². The molecule has 30 heavy (non-hydrogen) atoms. The van der Waals surface area contributed by atoms with Crippen LogP contribution in [0.5, 0.6) is 0 Å². The number of amides is 3. The van der Waals surface area contributed by atoms with Crippen LogP contribution in [0.1, 0.15) is 6.92 Å². The zero-order chi connectivity index (χ0) is 21.3. The molecule has 2 aromatic rings. The van der Waals surface area contributed by atoms with Gasteiger partial charge in [-0.05, 0) is 32.2 Å². The van der Waals surface area contributed by atoms with Gasteiger partial charge in [0.2, 0.25) is 5.95 Å². The van der Waals surface area contributed by atoms with Gasteiger partial charge in [0.25, 0.3) is 0 Å². The van der Waals surface area contributed by atoms with Crippen LogP contribution in [0, 0.1) is 0 Å². The van der Waals surface area contributed by atoms with E-state index in [4.69, 9.17) is 5.11 Å². The van der Waals surface area contributed by atoms with Gasteiger partial charge in [0, 0.05) is 32.4 Å².